The van der Waals surface area contributed by atoms with Gasteiger partial charge < -0.3 is 10.1 Å². The minimum absolute atomic E-state index is 0.357. The molecule has 0 spiro atoms. The van der Waals surface area contributed by atoms with Gasteiger partial charge in [0.1, 0.15) is 5.75 Å². The third-order valence-electron chi connectivity index (χ3n) is 4.06. The van der Waals surface area contributed by atoms with E-state index in [9.17, 15) is 0 Å². The molecule has 0 amide bonds. The van der Waals surface area contributed by atoms with Crippen molar-refractivity contribution in [3.63, 3.8) is 0 Å². The van der Waals surface area contributed by atoms with Crippen molar-refractivity contribution in [3.05, 3.63) is 52.2 Å². The van der Waals surface area contributed by atoms with Crippen LogP contribution in [0.1, 0.15) is 29.8 Å². The zero-order valence-electron chi connectivity index (χ0n) is 13.1. The number of hydrogen-bond donors (Lipinski definition) is 1. The van der Waals surface area contributed by atoms with Gasteiger partial charge in [-0.2, -0.15) is 0 Å². The molecule has 1 aliphatic heterocycles. The Hall–Kier alpha value is -1.36. The van der Waals surface area contributed by atoms with Crippen LogP contribution in [-0.4, -0.2) is 37.7 Å². The summed E-state index contributed by atoms with van der Waals surface area (Å²) < 4.78 is 5.58. The number of benzene rings is 1. The third-order valence-corrected chi connectivity index (χ3v) is 4.98. The lowest BCUT2D eigenvalue weighted by atomic mass is 10.0. The van der Waals surface area contributed by atoms with E-state index in [4.69, 9.17) is 4.74 Å². The van der Waals surface area contributed by atoms with Crippen LogP contribution in [0.5, 0.6) is 5.75 Å². The molecule has 0 bridgehead atoms. The van der Waals surface area contributed by atoms with Gasteiger partial charge in [0.25, 0.3) is 0 Å². The van der Waals surface area contributed by atoms with E-state index in [2.05, 4.69) is 52.0 Å². The fraction of sp³-hybridized carbons (Fsp3) is 0.444. The van der Waals surface area contributed by atoms with E-state index in [-0.39, 0.29) is 0 Å². The molecule has 3 rings (SSSR count). The van der Waals surface area contributed by atoms with Crippen LogP contribution in [0.25, 0.3) is 0 Å². The van der Waals surface area contributed by atoms with Crippen LogP contribution >= 0.6 is 11.3 Å². The molecular weight excluding hydrogens is 292 g/mol. The van der Waals surface area contributed by atoms with E-state index < -0.39 is 0 Å². The topological polar surface area (TPSA) is 24.5 Å². The maximum Gasteiger partial charge on any atom is 0.119 e. The molecule has 3 nitrogen and oxygen atoms in total. The standard InChI is InChI=1S/C18H24N2OS/c1-2-21-16-8-6-15(7-9-16)18(17-5-3-14-22-17)20-12-4-10-19-11-13-20/h3,5-9,14,18-19H,2,4,10-13H2,1H3. The number of ether oxygens (including phenoxy) is 1. The molecule has 2 heterocycles. The smallest absolute Gasteiger partial charge is 0.119 e. The lowest BCUT2D eigenvalue weighted by Crippen LogP contribution is -2.32. The van der Waals surface area contributed by atoms with E-state index in [1.807, 2.05) is 18.3 Å². The summed E-state index contributed by atoms with van der Waals surface area (Å²) in [6.07, 6.45) is 1.21. The van der Waals surface area contributed by atoms with Crippen LogP contribution in [-0.2, 0) is 0 Å². The highest BCUT2D eigenvalue weighted by molar-refractivity contribution is 7.10. The molecule has 1 aromatic heterocycles. The quantitative estimate of drug-likeness (QED) is 0.913. The van der Waals surface area contributed by atoms with Crippen LogP contribution in [0.2, 0.25) is 0 Å². The molecule has 4 heteroatoms. The van der Waals surface area contributed by atoms with E-state index in [1.54, 1.807) is 0 Å². The van der Waals surface area contributed by atoms with Crippen molar-refractivity contribution in [2.75, 3.05) is 32.8 Å². The Kier molecular flexibility index (Phi) is 5.48. The average Bonchev–Trinajstić information content (AvgIpc) is 2.93. The van der Waals surface area contributed by atoms with Crippen LogP contribution < -0.4 is 10.1 Å². The minimum atomic E-state index is 0.357. The SMILES string of the molecule is CCOc1ccc(C(c2cccs2)N2CCCNCC2)cc1. The zero-order valence-corrected chi connectivity index (χ0v) is 13.9. The predicted molar refractivity (Wildman–Crippen MR) is 92.8 cm³/mol. The number of rotatable bonds is 5. The van der Waals surface area contributed by atoms with Gasteiger partial charge in [0.15, 0.2) is 0 Å². The van der Waals surface area contributed by atoms with Crippen molar-refractivity contribution in [1.29, 1.82) is 0 Å². The second kappa shape index (κ2) is 7.77. The van der Waals surface area contributed by atoms with Gasteiger partial charge in [0.05, 0.1) is 12.6 Å². The first kappa shape index (κ1) is 15.5. The van der Waals surface area contributed by atoms with E-state index >= 15 is 0 Å². The minimum Gasteiger partial charge on any atom is -0.494 e. The molecule has 1 unspecified atom stereocenters. The largest absolute Gasteiger partial charge is 0.494 e. The van der Waals surface area contributed by atoms with Gasteiger partial charge in [-0.05, 0) is 49.0 Å². The molecule has 0 saturated carbocycles. The fourth-order valence-electron chi connectivity index (χ4n) is 3.04. The Morgan fingerprint density at radius 3 is 2.77 bits per heavy atom. The lowest BCUT2D eigenvalue weighted by molar-refractivity contribution is 0.243. The number of thiophene rings is 1. The Balaban J connectivity index is 1.87. The van der Waals surface area contributed by atoms with Crippen molar-refractivity contribution >= 4 is 11.3 Å². The Morgan fingerprint density at radius 1 is 1.18 bits per heavy atom. The maximum atomic E-state index is 5.58. The summed E-state index contributed by atoms with van der Waals surface area (Å²) in [5.74, 6) is 0.953. The molecule has 1 atom stereocenters. The molecule has 2 aromatic rings. The summed E-state index contributed by atoms with van der Waals surface area (Å²) in [5, 5.41) is 5.67. The van der Waals surface area contributed by atoms with Crippen molar-refractivity contribution in [2.45, 2.75) is 19.4 Å². The Morgan fingerprint density at radius 2 is 2.05 bits per heavy atom. The molecule has 1 N–H and O–H groups in total. The van der Waals surface area contributed by atoms with Crippen LogP contribution in [0.4, 0.5) is 0 Å². The monoisotopic (exact) mass is 316 g/mol. The molecule has 1 fully saturated rings. The Bertz CT molecular complexity index is 545. The second-order valence-corrected chi connectivity index (χ2v) is 6.54. The average molecular weight is 316 g/mol. The molecule has 1 saturated heterocycles. The summed E-state index contributed by atoms with van der Waals surface area (Å²) in [5.41, 5.74) is 1.35. The second-order valence-electron chi connectivity index (χ2n) is 5.56. The summed E-state index contributed by atoms with van der Waals surface area (Å²) >= 11 is 1.85. The van der Waals surface area contributed by atoms with Crippen LogP contribution in [0.15, 0.2) is 41.8 Å². The van der Waals surface area contributed by atoms with Gasteiger partial charge in [-0.15, -0.1) is 11.3 Å². The number of nitrogens with zero attached hydrogens (tertiary/aromatic N) is 1. The van der Waals surface area contributed by atoms with Crippen molar-refractivity contribution < 1.29 is 4.74 Å². The van der Waals surface area contributed by atoms with Gasteiger partial charge in [-0.25, -0.2) is 0 Å². The van der Waals surface area contributed by atoms with E-state index in [0.29, 0.717) is 12.6 Å². The fourth-order valence-corrected chi connectivity index (χ4v) is 3.93. The Labute approximate surface area is 136 Å². The van der Waals surface area contributed by atoms with Gasteiger partial charge in [-0.3, -0.25) is 4.90 Å². The molecule has 1 aromatic carbocycles. The highest BCUT2D eigenvalue weighted by Gasteiger charge is 2.23. The highest BCUT2D eigenvalue weighted by Crippen LogP contribution is 2.33. The maximum absolute atomic E-state index is 5.58. The van der Waals surface area contributed by atoms with E-state index in [1.165, 1.54) is 16.9 Å². The first-order valence-electron chi connectivity index (χ1n) is 8.09. The number of nitrogens with one attached hydrogen (secondary N) is 1. The first-order chi connectivity index (χ1) is 10.9. The van der Waals surface area contributed by atoms with Gasteiger partial charge >= 0.3 is 0 Å². The summed E-state index contributed by atoms with van der Waals surface area (Å²) in [6.45, 7) is 7.16. The van der Waals surface area contributed by atoms with Gasteiger partial charge in [-0.1, -0.05) is 18.2 Å². The lowest BCUT2D eigenvalue weighted by Gasteiger charge is -2.30. The molecular formula is C18H24N2OS. The van der Waals surface area contributed by atoms with Crippen LogP contribution in [0, 0.1) is 0 Å². The van der Waals surface area contributed by atoms with Crippen LogP contribution in [0.3, 0.4) is 0 Å². The molecule has 118 valence electrons. The third kappa shape index (κ3) is 3.69. The van der Waals surface area contributed by atoms with E-state index in [0.717, 1.165) is 31.9 Å². The van der Waals surface area contributed by atoms with Gasteiger partial charge in [0, 0.05) is 24.5 Å². The summed E-state index contributed by atoms with van der Waals surface area (Å²) in [4.78, 5) is 4.02. The van der Waals surface area contributed by atoms with Gasteiger partial charge in [0.2, 0.25) is 0 Å². The van der Waals surface area contributed by atoms with Crippen molar-refractivity contribution in [3.8, 4) is 5.75 Å². The van der Waals surface area contributed by atoms with Crippen molar-refractivity contribution in [1.82, 2.24) is 10.2 Å². The summed E-state index contributed by atoms with van der Waals surface area (Å²) in [6, 6.07) is 13.4. The molecule has 22 heavy (non-hydrogen) atoms. The predicted octanol–water partition coefficient (Wildman–Crippen LogP) is 3.53. The normalized spacial score (nSPS) is 17.9. The highest BCUT2D eigenvalue weighted by atomic mass is 32.1. The van der Waals surface area contributed by atoms with Crippen molar-refractivity contribution in [2.24, 2.45) is 0 Å². The molecule has 1 aliphatic rings. The first-order valence-corrected chi connectivity index (χ1v) is 8.97. The number of hydrogen-bond acceptors (Lipinski definition) is 4. The molecule has 0 aliphatic carbocycles. The molecule has 0 radical (unpaired) electrons. The zero-order chi connectivity index (χ0) is 15.2. The summed E-state index contributed by atoms with van der Waals surface area (Å²) in [7, 11) is 0.